The molecule has 0 heterocycles. The average molecular weight is 221 g/mol. The molecule has 0 spiro atoms. The minimum absolute atomic E-state index is 0.0305. The van der Waals surface area contributed by atoms with E-state index in [-0.39, 0.29) is 17.9 Å². The van der Waals surface area contributed by atoms with Crippen LogP contribution >= 0.6 is 0 Å². The van der Waals surface area contributed by atoms with Gasteiger partial charge in [-0.15, -0.1) is 0 Å². The summed E-state index contributed by atoms with van der Waals surface area (Å²) in [5.41, 5.74) is 6.88. The number of carbonyl (C=O) groups excluding carboxylic acids is 1. The van der Waals surface area contributed by atoms with Gasteiger partial charge in [0.15, 0.2) is 5.78 Å². The Hall–Kier alpha value is -1.19. The van der Waals surface area contributed by atoms with Crippen molar-refractivity contribution in [3.63, 3.8) is 0 Å². The van der Waals surface area contributed by atoms with Crippen LogP contribution in [0.2, 0.25) is 0 Å². The van der Waals surface area contributed by atoms with Crippen LogP contribution in [0.5, 0.6) is 0 Å². The standard InChI is InChI=1S/C13H19NO2/c1-13(2,16-3)8-10-5-4-6-11(7-10)12(15)9-14/h4-7H,8-9,14H2,1-3H3. The number of Topliss-reactive ketones (excluding diaryl/α,β-unsaturated/α-hetero) is 1. The molecule has 0 saturated carbocycles. The van der Waals surface area contributed by atoms with Crippen LogP contribution in [0.15, 0.2) is 24.3 Å². The monoisotopic (exact) mass is 221 g/mol. The topological polar surface area (TPSA) is 52.3 Å². The lowest BCUT2D eigenvalue weighted by Crippen LogP contribution is -2.25. The molecule has 1 rings (SSSR count). The third-order valence-electron chi connectivity index (χ3n) is 2.62. The number of rotatable bonds is 5. The maximum atomic E-state index is 11.4. The third-order valence-corrected chi connectivity index (χ3v) is 2.62. The SMILES string of the molecule is COC(C)(C)Cc1cccc(C(=O)CN)c1. The van der Waals surface area contributed by atoms with Gasteiger partial charge in [-0.1, -0.05) is 18.2 Å². The first kappa shape index (κ1) is 12.9. The fourth-order valence-electron chi connectivity index (χ4n) is 1.54. The Bertz CT molecular complexity index is 372. The van der Waals surface area contributed by atoms with Crippen LogP contribution in [0, 0.1) is 0 Å². The first-order chi connectivity index (χ1) is 7.48. The van der Waals surface area contributed by atoms with Crippen molar-refractivity contribution in [2.45, 2.75) is 25.9 Å². The molecule has 88 valence electrons. The summed E-state index contributed by atoms with van der Waals surface area (Å²) >= 11 is 0. The Morgan fingerprint density at radius 3 is 2.69 bits per heavy atom. The molecule has 0 aromatic heterocycles. The van der Waals surface area contributed by atoms with Crippen molar-refractivity contribution in [1.82, 2.24) is 0 Å². The van der Waals surface area contributed by atoms with Gasteiger partial charge in [-0.2, -0.15) is 0 Å². The molecule has 3 heteroatoms. The summed E-state index contributed by atoms with van der Waals surface area (Å²) in [6.45, 7) is 4.09. The highest BCUT2D eigenvalue weighted by molar-refractivity contribution is 5.97. The van der Waals surface area contributed by atoms with Crippen LogP contribution in [0.4, 0.5) is 0 Å². The van der Waals surface area contributed by atoms with Crippen LogP contribution < -0.4 is 5.73 Å². The first-order valence-corrected chi connectivity index (χ1v) is 5.36. The number of hydrogen-bond donors (Lipinski definition) is 1. The largest absolute Gasteiger partial charge is 0.378 e. The van der Waals surface area contributed by atoms with Gasteiger partial charge in [-0.3, -0.25) is 4.79 Å². The minimum atomic E-state index is -0.218. The second-order valence-electron chi connectivity index (χ2n) is 4.47. The molecular weight excluding hydrogens is 202 g/mol. The summed E-state index contributed by atoms with van der Waals surface area (Å²) in [7, 11) is 1.69. The zero-order valence-corrected chi connectivity index (χ0v) is 10.1. The van der Waals surface area contributed by atoms with Crippen molar-refractivity contribution in [2.75, 3.05) is 13.7 Å². The molecule has 3 nitrogen and oxygen atoms in total. The normalized spacial score (nSPS) is 11.5. The first-order valence-electron chi connectivity index (χ1n) is 5.36. The summed E-state index contributed by atoms with van der Waals surface area (Å²) in [6, 6.07) is 7.55. The van der Waals surface area contributed by atoms with E-state index >= 15 is 0 Å². The quantitative estimate of drug-likeness (QED) is 0.771. The van der Waals surface area contributed by atoms with Gasteiger partial charge in [-0.05, 0) is 25.5 Å². The molecule has 0 aliphatic rings. The van der Waals surface area contributed by atoms with Gasteiger partial charge in [0, 0.05) is 19.1 Å². The van der Waals surface area contributed by atoms with Crippen LogP contribution in [0.25, 0.3) is 0 Å². The van der Waals surface area contributed by atoms with Gasteiger partial charge in [0.25, 0.3) is 0 Å². The van der Waals surface area contributed by atoms with Gasteiger partial charge in [0.2, 0.25) is 0 Å². The molecule has 0 aliphatic carbocycles. The molecule has 0 unspecified atom stereocenters. The Morgan fingerprint density at radius 1 is 1.44 bits per heavy atom. The third kappa shape index (κ3) is 3.43. The minimum Gasteiger partial charge on any atom is -0.378 e. The number of nitrogens with two attached hydrogens (primary N) is 1. The summed E-state index contributed by atoms with van der Waals surface area (Å²) < 4.78 is 5.36. The predicted octanol–water partition coefficient (Wildman–Crippen LogP) is 1.80. The van der Waals surface area contributed by atoms with Crippen LogP contribution in [-0.4, -0.2) is 25.0 Å². The molecule has 0 amide bonds. The summed E-state index contributed by atoms with van der Waals surface area (Å²) in [6.07, 6.45) is 0.773. The van der Waals surface area contributed by atoms with E-state index in [1.165, 1.54) is 0 Å². The van der Waals surface area contributed by atoms with Crippen LogP contribution in [0.1, 0.15) is 29.8 Å². The van der Waals surface area contributed by atoms with Crippen LogP contribution in [0.3, 0.4) is 0 Å². The fraction of sp³-hybridized carbons (Fsp3) is 0.462. The molecule has 1 aromatic rings. The van der Waals surface area contributed by atoms with Crippen molar-refractivity contribution < 1.29 is 9.53 Å². The average Bonchev–Trinajstić information content (AvgIpc) is 2.28. The Balaban J connectivity index is 2.87. The number of methoxy groups -OCH3 is 1. The van der Waals surface area contributed by atoms with Crippen molar-refractivity contribution in [3.8, 4) is 0 Å². The van der Waals surface area contributed by atoms with Gasteiger partial charge in [0.05, 0.1) is 12.1 Å². The van der Waals surface area contributed by atoms with Crippen molar-refractivity contribution in [3.05, 3.63) is 35.4 Å². The smallest absolute Gasteiger partial charge is 0.176 e. The highest BCUT2D eigenvalue weighted by atomic mass is 16.5. The van der Waals surface area contributed by atoms with Gasteiger partial charge in [0.1, 0.15) is 0 Å². The Kier molecular flexibility index (Phi) is 4.21. The number of hydrogen-bond acceptors (Lipinski definition) is 3. The van der Waals surface area contributed by atoms with Gasteiger partial charge in [-0.25, -0.2) is 0 Å². The number of ether oxygens (including phenoxy) is 1. The maximum absolute atomic E-state index is 11.4. The van der Waals surface area contributed by atoms with Gasteiger partial charge >= 0.3 is 0 Å². The summed E-state index contributed by atoms with van der Waals surface area (Å²) in [4.78, 5) is 11.4. The maximum Gasteiger partial charge on any atom is 0.176 e. The van der Waals surface area contributed by atoms with Crippen LogP contribution in [-0.2, 0) is 11.2 Å². The molecule has 0 bridgehead atoms. The number of carbonyl (C=O) groups is 1. The van der Waals surface area contributed by atoms with E-state index in [4.69, 9.17) is 10.5 Å². The van der Waals surface area contributed by atoms with E-state index in [2.05, 4.69) is 0 Å². The summed E-state index contributed by atoms with van der Waals surface area (Å²) in [5.74, 6) is -0.0305. The molecule has 0 saturated heterocycles. The molecular formula is C13H19NO2. The van der Waals surface area contributed by atoms with E-state index in [9.17, 15) is 4.79 Å². The lowest BCUT2D eigenvalue weighted by molar-refractivity contribution is 0.0232. The predicted molar refractivity (Wildman–Crippen MR) is 64.6 cm³/mol. The zero-order chi connectivity index (χ0) is 12.2. The molecule has 0 fully saturated rings. The highest BCUT2D eigenvalue weighted by Crippen LogP contribution is 2.17. The van der Waals surface area contributed by atoms with E-state index < -0.39 is 0 Å². The van der Waals surface area contributed by atoms with Crippen molar-refractivity contribution in [2.24, 2.45) is 5.73 Å². The second kappa shape index (κ2) is 5.23. The Labute approximate surface area is 96.6 Å². The van der Waals surface area contributed by atoms with E-state index in [0.29, 0.717) is 5.56 Å². The van der Waals surface area contributed by atoms with E-state index in [1.54, 1.807) is 13.2 Å². The second-order valence-corrected chi connectivity index (χ2v) is 4.47. The zero-order valence-electron chi connectivity index (χ0n) is 10.1. The van der Waals surface area contributed by atoms with Crippen molar-refractivity contribution in [1.29, 1.82) is 0 Å². The number of ketones is 1. The lowest BCUT2D eigenvalue weighted by Gasteiger charge is -2.23. The van der Waals surface area contributed by atoms with E-state index in [0.717, 1.165) is 12.0 Å². The van der Waals surface area contributed by atoms with Gasteiger partial charge < -0.3 is 10.5 Å². The molecule has 2 N–H and O–H groups in total. The highest BCUT2D eigenvalue weighted by Gasteiger charge is 2.17. The molecule has 1 aromatic carbocycles. The fourth-order valence-corrected chi connectivity index (χ4v) is 1.54. The molecule has 0 aliphatic heterocycles. The Morgan fingerprint density at radius 2 is 2.12 bits per heavy atom. The number of benzene rings is 1. The lowest BCUT2D eigenvalue weighted by atomic mass is 9.96. The van der Waals surface area contributed by atoms with Crippen molar-refractivity contribution >= 4 is 5.78 Å². The summed E-state index contributed by atoms with van der Waals surface area (Å²) in [5, 5.41) is 0. The van der Waals surface area contributed by atoms with E-state index in [1.807, 2.05) is 32.0 Å². The molecule has 16 heavy (non-hydrogen) atoms. The molecule has 0 radical (unpaired) electrons. The molecule has 0 atom stereocenters.